The molecule has 228 valence electrons. The third kappa shape index (κ3) is 7.14. The number of rotatable bonds is 11. The Morgan fingerprint density at radius 2 is 1.12 bits per heavy atom. The molecule has 0 spiro atoms. The topological polar surface area (TPSA) is 89.5 Å². The van der Waals surface area contributed by atoms with E-state index in [1.165, 1.54) is 24.3 Å². The molecule has 6 nitrogen and oxygen atoms in total. The fraction of sp³-hybridized carbons (Fsp3) is 0.273. The second-order valence-corrected chi connectivity index (χ2v) is 20.4. The van der Waals surface area contributed by atoms with Gasteiger partial charge in [0.05, 0.1) is 21.8 Å². The third-order valence-corrected chi connectivity index (χ3v) is 16.7. The molecule has 0 aliphatic rings. The van der Waals surface area contributed by atoms with E-state index in [1.54, 1.807) is 24.3 Å². The van der Waals surface area contributed by atoms with Crippen molar-refractivity contribution in [3.8, 4) is 0 Å². The molecule has 2 unspecified atom stereocenters. The third-order valence-electron chi connectivity index (χ3n) is 7.49. The maximum absolute atomic E-state index is 14.1. The molecule has 0 aliphatic carbocycles. The minimum absolute atomic E-state index is 0.0363. The number of halogens is 1. The van der Waals surface area contributed by atoms with Gasteiger partial charge in [0.1, 0.15) is 5.37 Å². The van der Waals surface area contributed by atoms with E-state index in [4.69, 9.17) is 16.0 Å². The molecule has 1 N–H and O–H groups in total. The molecule has 0 bridgehead atoms. The summed E-state index contributed by atoms with van der Waals surface area (Å²) in [7, 11) is -11.6. The van der Waals surface area contributed by atoms with Gasteiger partial charge in [0.25, 0.3) is 8.32 Å². The highest BCUT2D eigenvalue weighted by Crippen LogP contribution is 2.37. The van der Waals surface area contributed by atoms with Crippen LogP contribution in [0.1, 0.15) is 31.9 Å². The summed E-state index contributed by atoms with van der Waals surface area (Å²) in [5, 5.41) is -1.37. The molecule has 0 saturated carbocycles. The Morgan fingerprint density at radius 1 is 0.698 bits per heavy atom. The van der Waals surface area contributed by atoms with Crippen molar-refractivity contribution in [2.24, 2.45) is 0 Å². The van der Waals surface area contributed by atoms with Gasteiger partial charge in [-0.05, 0) is 53.5 Å². The van der Waals surface area contributed by atoms with Gasteiger partial charge in [-0.25, -0.2) is 16.8 Å². The average Bonchev–Trinajstić information content (AvgIpc) is 2.97. The fourth-order valence-electron chi connectivity index (χ4n) is 5.20. The first-order valence-corrected chi connectivity index (χ1v) is 19.3. The van der Waals surface area contributed by atoms with Gasteiger partial charge >= 0.3 is 0 Å². The van der Waals surface area contributed by atoms with Gasteiger partial charge in [-0.3, -0.25) is 0 Å². The Labute approximate surface area is 262 Å². The summed E-state index contributed by atoms with van der Waals surface area (Å²) in [6, 6.07) is 32.2. The summed E-state index contributed by atoms with van der Waals surface area (Å²) in [5.41, 5.74) is 1.74. The van der Waals surface area contributed by atoms with Crippen LogP contribution in [-0.2, 0) is 24.3 Å². The highest BCUT2D eigenvalue weighted by Gasteiger charge is 2.51. The zero-order valence-electron chi connectivity index (χ0n) is 25.0. The Kier molecular flexibility index (Phi) is 10.1. The van der Waals surface area contributed by atoms with E-state index in [0.29, 0.717) is 0 Å². The minimum atomic E-state index is -4.29. The van der Waals surface area contributed by atoms with Crippen LogP contribution in [0.4, 0.5) is 0 Å². The first-order chi connectivity index (χ1) is 20.2. The fourth-order valence-corrected chi connectivity index (χ4v) is 13.8. The van der Waals surface area contributed by atoms with Gasteiger partial charge in [0, 0.05) is 0 Å². The molecule has 4 aromatic carbocycles. The van der Waals surface area contributed by atoms with Crippen molar-refractivity contribution < 1.29 is 21.3 Å². The Hall–Kier alpha value is -2.79. The van der Waals surface area contributed by atoms with E-state index in [2.05, 4.69) is 25.5 Å². The number of sulfone groups is 1. The van der Waals surface area contributed by atoms with E-state index in [-0.39, 0.29) is 21.4 Å². The van der Waals surface area contributed by atoms with Gasteiger partial charge in [-0.1, -0.05) is 117 Å². The number of sulfonamides is 1. The number of hydrogen-bond acceptors (Lipinski definition) is 5. The Morgan fingerprint density at radius 3 is 1.53 bits per heavy atom. The van der Waals surface area contributed by atoms with Crippen LogP contribution in [0.5, 0.6) is 0 Å². The molecule has 4 aromatic rings. The second-order valence-electron chi connectivity index (χ2n) is 11.7. The number of aryl methyl sites for hydroxylation is 2. The SMILES string of the molecule is Cc1ccc(S(=O)(=O)NC(C(Cl)CO[Si](c2ccccc2)(c2ccccc2)C(C)(C)C)S(=O)(=O)c2ccc(C)cc2)cc1. The molecule has 10 heteroatoms. The Bertz CT molecular complexity index is 1690. The van der Waals surface area contributed by atoms with Crippen LogP contribution in [0.25, 0.3) is 0 Å². The molecular weight excluding hydrogens is 618 g/mol. The van der Waals surface area contributed by atoms with Gasteiger partial charge in [0.15, 0.2) is 9.84 Å². The number of benzene rings is 4. The standard InChI is InChI=1S/C33H38ClNO5S2Si/c1-25-16-20-27(21-17-25)41(36,37)32(35-42(38,39)28-22-18-26(2)19-23-28)31(34)24-40-43(33(3,4)5,29-12-8-6-9-13-29)30-14-10-7-11-15-30/h6-23,31-32,35H,24H2,1-5H3. The van der Waals surface area contributed by atoms with E-state index in [9.17, 15) is 16.8 Å². The maximum atomic E-state index is 14.1. The molecule has 0 radical (unpaired) electrons. The van der Waals surface area contributed by atoms with Crippen LogP contribution < -0.4 is 15.1 Å². The van der Waals surface area contributed by atoms with Gasteiger partial charge in [-0.15, -0.1) is 11.6 Å². The van der Waals surface area contributed by atoms with Crippen molar-refractivity contribution in [1.29, 1.82) is 0 Å². The summed E-state index contributed by atoms with van der Waals surface area (Å²) in [6.45, 7) is 9.76. The molecule has 0 aromatic heterocycles. The molecule has 0 aliphatic heterocycles. The molecule has 0 fully saturated rings. The van der Waals surface area contributed by atoms with Crippen LogP contribution in [0.2, 0.25) is 5.04 Å². The van der Waals surface area contributed by atoms with Crippen LogP contribution in [-0.4, -0.2) is 42.5 Å². The predicted molar refractivity (Wildman–Crippen MR) is 177 cm³/mol. The Balaban J connectivity index is 1.79. The second kappa shape index (κ2) is 13.1. The molecule has 0 heterocycles. The van der Waals surface area contributed by atoms with Crippen molar-refractivity contribution in [2.45, 2.75) is 60.2 Å². The minimum Gasteiger partial charge on any atom is -0.406 e. The maximum Gasteiger partial charge on any atom is 0.261 e. The first kappa shape index (κ1) is 33.1. The summed E-state index contributed by atoms with van der Waals surface area (Å²) in [4.78, 5) is -0.0928. The summed E-state index contributed by atoms with van der Waals surface area (Å²) < 4.78 is 64.5. The van der Waals surface area contributed by atoms with Crippen LogP contribution in [0, 0.1) is 13.8 Å². The lowest BCUT2D eigenvalue weighted by atomic mass is 10.2. The predicted octanol–water partition coefficient (Wildman–Crippen LogP) is 5.57. The zero-order valence-corrected chi connectivity index (χ0v) is 28.4. The van der Waals surface area contributed by atoms with Gasteiger partial charge in [-0.2, -0.15) is 4.72 Å². The quantitative estimate of drug-likeness (QED) is 0.169. The zero-order chi connectivity index (χ0) is 31.5. The number of nitrogens with one attached hydrogen (secondary N) is 1. The lowest BCUT2D eigenvalue weighted by Crippen LogP contribution is -2.67. The highest BCUT2D eigenvalue weighted by atomic mass is 35.5. The molecule has 0 amide bonds. The smallest absolute Gasteiger partial charge is 0.261 e. The molecular formula is C33H38ClNO5S2Si. The van der Waals surface area contributed by atoms with Crippen molar-refractivity contribution in [3.05, 3.63) is 120 Å². The van der Waals surface area contributed by atoms with Gasteiger partial charge < -0.3 is 4.43 Å². The first-order valence-electron chi connectivity index (χ1n) is 14.0. The summed E-state index contributed by atoms with van der Waals surface area (Å²) in [5.74, 6) is 0. The van der Waals surface area contributed by atoms with E-state index < -0.39 is 38.9 Å². The molecule has 4 rings (SSSR count). The lowest BCUT2D eigenvalue weighted by Gasteiger charge is -2.43. The van der Waals surface area contributed by atoms with E-state index in [0.717, 1.165) is 21.5 Å². The lowest BCUT2D eigenvalue weighted by molar-refractivity contribution is 0.290. The van der Waals surface area contributed by atoms with Crippen molar-refractivity contribution in [3.63, 3.8) is 0 Å². The van der Waals surface area contributed by atoms with Crippen molar-refractivity contribution in [2.75, 3.05) is 6.61 Å². The highest BCUT2D eigenvalue weighted by molar-refractivity contribution is 7.94. The summed E-state index contributed by atoms with van der Waals surface area (Å²) in [6.07, 6.45) is 0. The van der Waals surface area contributed by atoms with Crippen LogP contribution in [0.15, 0.2) is 119 Å². The van der Waals surface area contributed by atoms with Gasteiger partial charge in [0.2, 0.25) is 10.0 Å². The van der Waals surface area contributed by atoms with Crippen molar-refractivity contribution >= 4 is 50.2 Å². The summed E-state index contributed by atoms with van der Waals surface area (Å²) >= 11 is 6.95. The number of hydrogen-bond donors (Lipinski definition) is 1. The van der Waals surface area contributed by atoms with Crippen molar-refractivity contribution in [1.82, 2.24) is 4.72 Å². The van der Waals surface area contributed by atoms with Crippen LogP contribution in [0.3, 0.4) is 0 Å². The van der Waals surface area contributed by atoms with E-state index >= 15 is 0 Å². The molecule has 0 saturated heterocycles. The van der Waals surface area contributed by atoms with Crippen LogP contribution >= 0.6 is 11.6 Å². The normalized spacial score (nSPS) is 14.3. The largest absolute Gasteiger partial charge is 0.406 e. The van der Waals surface area contributed by atoms with E-state index in [1.807, 2.05) is 74.5 Å². The number of alkyl halides is 1. The monoisotopic (exact) mass is 655 g/mol. The molecule has 2 atom stereocenters. The average molecular weight is 656 g/mol. The molecule has 43 heavy (non-hydrogen) atoms.